The zero-order valence-electron chi connectivity index (χ0n) is 14.7. The Balaban J connectivity index is 1.73. The first-order valence-corrected chi connectivity index (χ1v) is 9.93. The summed E-state index contributed by atoms with van der Waals surface area (Å²) >= 11 is 6.03. The molecule has 0 bridgehead atoms. The van der Waals surface area contributed by atoms with Crippen LogP contribution in [-0.2, 0) is 10.0 Å². The van der Waals surface area contributed by atoms with E-state index in [1.165, 1.54) is 12.3 Å². The molecule has 1 aromatic heterocycles. The maximum absolute atomic E-state index is 12.4. The number of anilines is 1. The van der Waals surface area contributed by atoms with Crippen molar-refractivity contribution in [1.82, 2.24) is 4.98 Å². The number of carbonyl (C=O) groups excluding carboxylic acids is 1. The summed E-state index contributed by atoms with van der Waals surface area (Å²) in [5.74, 6) is -0.162. The summed E-state index contributed by atoms with van der Waals surface area (Å²) < 4.78 is 32.9. The minimum atomic E-state index is -3.69. The van der Waals surface area contributed by atoms with Crippen LogP contribution in [0.2, 0.25) is 5.02 Å². The number of halogens is 1. The first-order valence-electron chi connectivity index (χ1n) is 8.07. The average molecular weight is 418 g/mol. The number of pyridine rings is 1. The van der Waals surface area contributed by atoms with E-state index in [9.17, 15) is 13.2 Å². The van der Waals surface area contributed by atoms with Crippen molar-refractivity contribution in [2.24, 2.45) is 5.73 Å². The number of nitrogens with zero attached hydrogens (tertiary/aromatic N) is 1. The second-order valence-corrected chi connectivity index (χ2v) is 8.01. The Labute approximate surface area is 167 Å². The number of ether oxygens (including phenoxy) is 1. The van der Waals surface area contributed by atoms with Gasteiger partial charge in [-0.3, -0.25) is 9.52 Å². The monoisotopic (exact) mass is 417 g/mol. The molecule has 3 aromatic rings. The van der Waals surface area contributed by atoms with Crippen molar-refractivity contribution in [2.75, 3.05) is 4.72 Å². The van der Waals surface area contributed by atoms with Gasteiger partial charge in [-0.05, 0) is 49.4 Å². The number of nitrogens with two attached hydrogens (primary N) is 1. The van der Waals surface area contributed by atoms with Gasteiger partial charge in [0.15, 0.2) is 0 Å². The van der Waals surface area contributed by atoms with Crippen molar-refractivity contribution < 1.29 is 17.9 Å². The Bertz CT molecular complexity index is 1110. The molecule has 0 aliphatic carbocycles. The van der Waals surface area contributed by atoms with Crippen LogP contribution >= 0.6 is 11.6 Å². The summed E-state index contributed by atoms with van der Waals surface area (Å²) in [6.45, 7) is 1.88. The summed E-state index contributed by atoms with van der Waals surface area (Å²) in [7, 11) is -3.69. The highest BCUT2D eigenvalue weighted by Gasteiger charge is 2.14. The molecule has 0 atom stereocenters. The van der Waals surface area contributed by atoms with Crippen LogP contribution in [0.25, 0.3) is 0 Å². The minimum Gasteiger partial charge on any atom is -0.438 e. The second kappa shape index (κ2) is 7.87. The number of amides is 1. The molecule has 0 radical (unpaired) electrons. The third-order valence-corrected chi connectivity index (χ3v) is 5.41. The average Bonchev–Trinajstić information content (AvgIpc) is 2.65. The molecule has 9 heteroatoms. The molecule has 2 aromatic carbocycles. The van der Waals surface area contributed by atoms with Crippen molar-refractivity contribution in [1.29, 1.82) is 0 Å². The quantitative estimate of drug-likeness (QED) is 0.634. The van der Waals surface area contributed by atoms with Crippen LogP contribution in [0, 0.1) is 6.92 Å². The van der Waals surface area contributed by atoms with Crippen LogP contribution in [-0.4, -0.2) is 19.3 Å². The van der Waals surface area contributed by atoms with Crippen LogP contribution in [0.1, 0.15) is 15.9 Å². The third-order valence-electron chi connectivity index (χ3n) is 3.74. The van der Waals surface area contributed by atoms with Crippen molar-refractivity contribution >= 4 is 33.2 Å². The maximum atomic E-state index is 12.4. The first-order chi connectivity index (χ1) is 13.2. The number of rotatable bonds is 6. The summed E-state index contributed by atoms with van der Waals surface area (Å²) in [6.07, 6.45) is 1.26. The van der Waals surface area contributed by atoms with E-state index in [4.69, 9.17) is 22.1 Å². The van der Waals surface area contributed by atoms with Crippen LogP contribution in [0.15, 0.2) is 65.7 Å². The molecule has 7 nitrogen and oxygen atoms in total. The van der Waals surface area contributed by atoms with Gasteiger partial charge in [-0.25, -0.2) is 13.4 Å². The molecule has 1 amide bonds. The van der Waals surface area contributed by atoms with Gasteiger partial charge in [0, 0.05) is 11.9 Å². The molecule has 0 aliphatic heterocycles. The summed E-state index contributed by atoms with van der Waals surface area (Å²) in [6, 6.07) is 14.1. The van der Waals surface area contributed by atoms with Crippen molar-refractivity contribution in [3.05, 3.63) is 76.9 Å². The van der Waals surface area contributed by atoms with Gasteiger partial charge in [-0.15, -0.1) is 0 Å². The van der Waals surface area contributed by atoms with Crippen molar-refractivity contribution in [3.63, 3.8) is 0 Å². The van der Waals surface area contributed by atoms with Crippen molar-refractivity contribution in [2.45, 2.75) is 11.8 Å². The fourth-order valence-electron chi connectivity index (χ4n) is 2.27. The molecular weight excluding hydrogens is 402 g/mol. The molecule has 0 unspecified atom stereocenters. The fraction of sp³-hybridized carbons (Fsp3) is 0.0526. The fourth-order valence-corrected chi connectivity index (χ4v) is 3.53. The Hall–Kier alpha value is -3.10. The Kier molecular flexibility index (Phi) is 5.53. The smallest absolute Gasteiger partial charge is 0.261 e. The van der Waals surface area contributed by atoms with Gasteiger partial charge in [0.1, 0.15) is 10.8 Å². The van der Waals surface area contributed by atoms with Gasteiger partial charge in [0.25, 0.3) is 10.0 Å². The van der Waals surface area contributed by atoms with Crippen molar-refractivity contribution in [3.8, 4) is 11.6 Å². The van der Waals surface area contributed by atoms with E-state index in [1.807, 2.05) is 6.92 Å². The Morgan fingerprint density at radius 3 is 2.32 bits per heavy atom. The third kappa shape index (κ3) is 4.59. The largest absolute Gasteiger partial charge is 0.438 e. The predicted molar refractivity (Wildman–Crippen MR) is 106 cm³/mol. The molecule has 3 N–H and O–H groups in total. The molecular formula is C19H16ClN3O4S. The number of aryl methyl sites for hydroxylation is 1. The van der Waals surface area contributed by atoms with E-state index >= 15 is 0 Å². The van der Waals surface area contributed by atoms with Crippen LogP contribution in [0.4, 0.5) is 5.69 Å². The van der Waals surface area contributed by atoms with E-state index in [0.717, 1.165) is 5.56 Å². The predicted octanol–water partition coefficient (Wildman–Crippen LogP) is 3.74. The molecule has 1 heterocycles. The number of benzene rings is 2. The van der Waals surface area contributed by atoms with Gasteiger partial charge < -0.3 is 10.5 Å². The van der Waals surface area contributed by atoms with Gasteiger partial charge in [-0.2, -0.15) is 0 Å². The van der Waals surface area contributed by atoms with E-state index in [2.05, 4.69) is 9.71 Å². The lowest BCUT2D eigenvalue weighted by Gasteiger charge is -2.10. The summed E-state index contributed by atoms with van der Waals surface area (Å²) in [4.78, 5) is 15.2. The van der Waals surface area contributed by atoms with Gasteiger partial charge in [0.2, 0.25) is 11.8 Å². The topological polar surface area (TPSA) is 111 Å². The van der Waals surface area contributed by atoms with E-state index in [1.54, 1.807) is 48.5 Å². The number of sulfonamides is 1. The molecule has 0 aliphatic rings. The standard InChI is InChI=1S/C19H16ClN3O4S/c1-12-2-8-16(9-3-12)28(25,26)23-14-4-6-15(7-5-14)27-19-17(20)10-13(11-22-19)18(21)24/h2-11,23H,1H3,(H2,21,24). The Morgan fingerprint density at radius 1 is 1.11 bits per heavy atom. The Morgan fingerprint density at radius 2 is 1.75 bits per heavy atom. The van der Waals surface area contributed by atoms with Gasteiger partial charge >= 0.3 is 0 Å². The lowest BCUT2D eigenvalue weighted by molar-refractivity contribution is 0.1000. The highest BCUT2D eigenvalue weighted by atomic mass is 35.5. The number of hydrogen-bond donors (Lipinski definition) is 2. The highest BCUT2D eigenvalue weighted by molar-refractivity contribution is 7.92. The van der Waals surface area contributed by atoms with Gasteiger partial charge in [-0.1, -0.05) is 29.3 Å². The number of aromatic nitrogens is 1. The molecule has 3 rings (SSSR count). The van der Waals surface area contributed by atoms with Crippen LogP contribution in [0.3, 0.4) is 0 Å². The normalized spacial score (nSPS) is 11.1. The van der Waals surface area contributed by atoms with Gasteiger partial charge in [0.05, 0.1) is 10.5 Å². The number of nitrogens with one attached hydrogen (secondary N) is 1. The lowest BCUT2D eigenvalue weighted by Crippen LogP contribution is -2.12. The molecule has 0 fully saturated rings. The second-order valence-electron chi connectivity index (χ2n) is 5.92. The van der Waals surface area contributed by atoms with Crippen LogP contribution < -0.4 is 15.2 Å². The summed E-state index contributed by atoms with van der Waals surface area (Å²) in [5, 5.41) is 0.125. The zero-order chi connectivity index (χ0) is 20.3. The number of carbonyl (C=O) groups is 1. The van der Waals surface area contributed by atoms with E-state index in [-0.39, 0.29) is 21.4 Å². The highest BCUT2D eigenvalue weighted by Crippen LogP contribution is 2.28. The molecule has 28 heavy (non-hydrogen) atoms. The molecule has 0 saturated heterocycles. The van der Waals surface area contributed by atoms with E-state index < -0.39 is 15.9 Å². The summed E-state index contributed by atoms with van der Waals surface area (Å²) in [5.41, 5.74) is 6.67. The zero-order valence-corrected chi connectivity index (χ0v) is 16.3. The lowest BCUT2D eigenvalue weighted by atomic mass is 10.2. The molecule has 0 spiro atoms. The molecule has 144 valence electrons. The SMILES string of the molecule is Cc1ccc(S(=O)(=O)Nc2ccc(Oc3ncc(C(N)=O)cc3Cl)cc2)cc1. The number of primary amides is 1. The minimum absolute atomic E-state index is 0.0969. The van der Waals surface area contributed by atoms with Crippen LogP contribution in [0.5, 0.6) is 11.6 Å². The number of hydrogen-bond acceptors (Lipinski definition) is 5. The molecule has 0 saturated carbocycles. The van der Waals surface area contributed by atoms with E-state index in [0.29, 0.717) is 11.4 Å². The maximum Gasteiger partial charge on any atom is 0.261 e. The first kappa shape index (κ1) is 19.7.